The number of benzene rings is 1. The molecule has 0 bridgehead atoms. The van der Waals surface area contributed by atoms with E-state index in [2.05, 4.69) is 5.32 Å². The lowest BCUT2D eigenvalue weighted by Gasteiger charge is -2.28. The zero-order chi connectivity index (χ0) is 9.26. The molecule has 70 valence electrons. The van der Waals surface area contributed by atoms with E-state index >= 15 is 0 Å². The van der Waals surface area contributed by atoms with Gasteiger partial charge in [-0.2, -0.15) is 0 Å². The Labute approximate surface area is 78.0 Å². The van der Waals surface area contributed by atoms with Crippen molar-refractivity contribution in [3.8, 4) is 0 Å². The van der Waals surface area contributed by atoms with Crippen LogP contribution in [0.1, 0.15) is 24.8 Å². The molecule has 1 N–H and O–H groups in total. The van der Waals surface area contributed by atoms with Crippen molar-refractivity contribution in [1.29, 1.82) is 0 Å². The molecular weight excluding hydrogens is 165 g/mol. The van der Waals surface area contributed by atoms with Gasteiger partial charge in [0.15, 0.2) is 0 Å². The lowest BCUT2D eigenvalue weighted by molar-refractivity contribution is 0.445. The van der Waals surface area contributed by atoms with Crippen LogP contribution in [0.15, 0.2) is 18.2 Å². The molecule has 2 rings (SSSR count). The van der Waals surface area contributed by atoms with Crippen LogP contribution in [-0.2, 0) is 0 Å². The van der Waals surface area contributed by atoms with Gasteiger partial charge in [-0.15, -0.1) is 0 Å². The summed E-state index contributed by atoms with van der Waals surface area (Å²) in [6, 6.07) is 5.46. The van der Waals surface area contributed by atoms with Crippen LogP contribution in [0.25, 0.3) is 0 Å². The number of nitrogens with one attached hydrogen (secondary N) is 1. The highest BCUT2D eigenvalue weighted by Crippen LogP contribution is 2.25. The molecule has 1 aromatic rings. The molecule has 0 unspecified atom stereocenters. The van der Waals surface area contributed by atoms with E-state index in [1.54, 1.807) is 6.07 Å². The molecule has 1 aromatic carbocycles. The van der Waals surface area contributed by atoms with E-state index in [4.69, 9.17) is 0 Å². The van der Waals surface area contributed by atoms with E-state index in [0.29, 0.717) is 6.04 Å². The number of rotatable bonds is 2. The predicted octanol–water partition coefficient (Wildman–Crippen LogP) is 3.10. The predicted molar refractivity (Wildman–Crippen MR) is 52.4 cm³/mol. The van der Waals surface area contributed by atoms with Crippen molar-refractivity contribution in [2.75, 3.05) is 5.32 Å². The van der Waals surface area contributed by atoms with Gasteiger partial charge in [0.2, 0.25) is 0 Å². The molecule has 1 aliphatic rings. The van der Waals surface area contributed by atoms with Crippen LogP contribution >= 0.6 is 0 Å². The smallest absolute Gasteiger partial charge is 0.125 e. The minimum atomic E-state index is -0.160. The second kappa shape index (κ2) is 3.36. The average Bonchev–Trinajstić information content (AvgIpc) is 2.03. The number of anilines is 1. The van der Waals surface area contributed by atoms with E-state index in [0.717, 1.165) is 11.3 Å². The first-order valence-electron chi connectivity index (χ1n) is 4.78. The summed E-state index contributed by atoms with van der Waals surface area (Å²) < 4.78 is 12.9. The molecule has 0 aromatic heterocycles. The van der Waals surface area contributed by atoms with Gasteiger partial charge in [-0.3, -0.25) is 0 Å². The van der Waals surface area contributed by atoms with Crippen molar-refractivity contribution in [3.05, 3.63) is 29.6 Å². The van der Waals surface area contributed by atoms with E-state index in [1.165, 1.54) is 25.3 Å². The highest BCUT2D eigenvalue weighted by molar-refractivity contribution is 5.51. The Morgan fingerprint density at radius 3 is 2.77 bits per heavy atom. The molecule has 1 saturated carbocycles. The Morgan fingerprint density at radius 1 is 1.38 bits per heavy atom. The third-order valence-corrected chi connectivity index (χ3v) is 2.66. The number of halogens is 1. The standard InChI is InChI=1S/C11H14FN/c1-8-5-6-9(12)7-11(8)13-10-3-2-4-10/h5-7,10,13H,2-4H2,1H3. The van der Waals surface area contributed by atoms with Gasteiger partial charge in [0.05, 0.1) is 0 Å². The van der Waals surface area contributed by atoms with Crippen molar-refractivity contribution in [3.63, 3.8) is 0 Å². The van der Waals surface area contributed by atoms with E-state index in [1.807, 2.05) is 13.0 Å². The van der Waals surface area contributed by atoms with E-state index in [9.17, 15) is 4.39 Å². The monoisotopic (exact) mass is 179 g/mol. The maximum absolute atomic E-state index is 12.9. The second-order valence-corrected chi connectivity index (χ2v) is 3.73. The maximum Gasteiger partial charge on any atom is 0.125 e. The Kier molecular flexibility index (Phi) is 2.21. The van der Waals surface area contributed by atoms with Crippen LogP contribution < -0.4 is 5.32 Å². The summed E-state index contributed by atoms with van der Waals surface area (Å²) in [6.45, 7) is 2.00. The van der Waals surface area contributed by atoms with Gasteiger partial charge in [-0.1, -0.05) is 6.07 Å². The summed E-state index contributed by atoms with van der Waals surface area (Å²) in [4.78, 5) is 0. The molecule has 13 heavy (non-hydrogen) atoms. The summed E-state index contributed by atoms with van der Waals surface area (Å²) >= 11 is 0. The SMILES string of the molecule is Cc1ccc(F)cc1NC1CCC1. The van der Waals surface area contributed by atoms with Crippen LogP contribution in [-0.4, -0.2) is 6.04 Å². The van der Waals surface area contributed by atoms with Crippen LogP contribution in [0.2, 0.25) is 0 Å². The molecule has 1 fully saturated rings. The first kappa shape index (κ1) is 8.54. The Bertz CT molecular complexity index is 305. The zero-order valence-corrected chi connectivity index (χ0v) is 7.81. The van der Waals surface area contributed by atoms with E-state index in [-0.39, 0.29) is 5.82 Å². The topological polar surface area (TPSA) is 12.0 Å². The lowest BCUT2D eigenvalue weighted by atomic mass is 9.92. The summed E-state index contributed by atoms with van der Waals surface area (Å²) in [5.74, 6) is -0.160. The van der Waals surface area contributed by atoms with Crippen molar-refractivity contribution < 1.29 is 4.39 Å². The fourth-order valence-electron chi connectivity index (χ4n) is 1.52. The fraction of sp³-hybridized carbons (Fsp3) is 0.455. The Morgan fingerprint density at radius 2 is 2.15 bits per heavy atom. The lowest BCUT2D eigenvalue weighted by Crippen LogP contribution is -2.27. The summed E-state index contributed by atoms with van der Waals surface area (Å²) in [7, 11) is 0. The van der Waals surface area contributed by atoms with Gasteiger partial charge in [0, 0.05) is 11.7 Å². The molecule has 0 spiro atoms. The second-order valence-electron chi connectivity index (χ2n) is 3.73. The fourth-order valence-corrected chi connectivity index (χ4v) is 1.52. The molecular formula is C11H14FN. The quantitative estimate of drug-likeness (QED) is 0.735. The average molecular weight is 179 g/mol. The largest absolute Gasteiger partial charge is 0.382 e. The summed E-state index contributed by atoms with van der Waals surface area (Å²) in [5, 5.41) is 3.35. The minimum Gasteiger partial charge on any atom is -0.382 e. The van der Waals surface area contributed by atoms with Crippen LogP contribution in [0.5, 0.6) is 0 Å². The molecule has 2 heteroatoms. The van der Waals surface area contributed by atoms with Crippen LogP contribution in [0.4, 0.5) is 10.1 Å². The summed E-state index contributed by atoms with van der Waals surface area (Å²) in [5.41, 5.74) is 2.07. The molecule has 0 radical (unpaired) electrons. The molecule has 1 nitrogen and oxygen atoms in total. The maximum atomic E-state index is 12.9. The Hall–Kier alpha value is -1.05. The zero-order valence-electron chi connectivity index (χ0n) is 7.81. The van der Waals surface area contributed by atoms with Gasteiger partial charge < -0.3 is 5.32 Å². The third kappa shape index (κ3) is 1.82. The van der Waals surface area contributed by atoms with Gasteiger partial charge >= 0.3 is 0 Å². The highest BCUT2D eigenvalue weighted by Gasteiger charge is 2.17. The molecule has 0 atom stereocenters. The first-order valence-corrected chi connectivity index (χ1v) is 4.78. The van der Waals surface area contributed by atoms with Gasteiger partial charge in [0.1, 0.15) is 5.82 Å². The number of hydrogen-bond acceptors (Lipinski definition) is 1. The van der Waals surface area contributed by atoms with Crippen molar-refractivity contribution in [1.82, 2.24) is 0 Å². The van der Waals surface area contributed by atoms with Gasteiger partial charge in [-0.05, 0) is 43.9 Å². The van der Waals surface area contributed by atoms with Crippen LogP contribution in [0.3, 0.4) is 0 Å². The molecule has 0 saturated heterocycles. The van der Waals surface area contributed by atoms with E-state index < -0.39 is 0 Å². The van der Waals surface area contributed by atoms with Crippen molar-refractivity contribution in [2.24, 2.45) is 0 Å². The molecule has 0 heterocycles. The van der Waals surface area contributed by atoms with Crippen molar-refractivity contribution >= 4 is 5.69 Å². The summed E-state index contributed by atoms with van der Waals surface area (Å²) in [6.07, 6.45) is 3.73. The van der Waals surface area contributed by atoms with Gasteiger partial charge in [-0.25, -0.2) is 4.39 Å². The molecule has 1 aliphatic carbocycles. The normalized spacial score (nSPS) is 16.8. The molecule has 0 amide bonds. The van der Waals surface area contributed by atoms with Crippen molar-refractivity contribution in [2.45, 2.75) is 32.2 Å². The number of hydrogen-bond donors (Lipinski definition) is 1. The van der Waals surface area contributed by atoms with Gasteiger partial charge in [0.25, 0.3) is 0 Å². The number of aryl methyl sites for hydroxylation is 1. The highest BCUT2D eigenvalue weighted by atomic mass is 19.1. The van der Waals surface area contributed by atoms with Crippen LogP contribution in [0, 0.1) is 12.7 Å². The molecule has 0 aliphatic heterocycles. The first-order chi connectivity index (χ1) is 6.25. The Balaban J connectivity index is 2.13. The minimum absolute atomic E-state index is 0.160. The third-order valence-electron chi connectivity index (χ3n) is 2.66.